The highest BCUT2D eigenvalue weighted by Crippen LogP contribution is 2.19. The highest BCUT2D eigenvalue weighted by atomic mass is 35.5. The zero-order chi connectivity index (χ0) is 29.2. The average molecular weight is 567 g/mol. The zero-order valence-electron chi connectivity index (χ0n) is 22.4. The number of carbonyl (C=O) groups excluding carboxylic acids is 3. The molecule has 9 heteroatoms. The Morgan fingerprint density at radius 3 is 2.10 bits per heavy atom. The fraction of sp³-hybridized carbons (Fsp3) is 0.0625. The largest absolute Gasteiger partial charge is 0.423 e. The third-order valence-corrected chi connectivity index (χ3v) is 6.14. The van der Waals surface area contributed by atoms with E-state index in [9.17, 15) is 14.4 Å². The molecule has 0 radical (unpaired) electrons. The smallest absolute Gasteiger partial charge is 0.345 e. The molecule has 0 saturated heterocycles. The van der Waals surface area contributed by atoms with Gasteiger partial charge in [-0.2, -0.15) is 5.10 Å². The first kappa shape index (κ1) is 28.8. The van der Waals surface area contributed by atoms with Crippen molar-refractivity contribution in [2.45, 2.75) is 0 Å². The number of hydrazone groups is 1. The van der Waals surface area contributed by atoms with Crippen molar-refractivity contribution < 1.29 is 19.1 Å². The summed E-state index contributed by atoms with van der Waals surface area (Å²) >= 11 is 6.06. The van der Waals surface area contributed by atoms with Crippen molar-refractivity contribution >= 4 is 47.4 Å². The molecule has 0 spiro atoms. The van der Waals surface area contributed by atoms with Crippen molar-refractivity contribution in [2.24, 2.45) is 5.10 Å². The third kappa shape index (κ3) is 8.14. The summed E-state index contributed by atoms with van der Waals surface area (Å²) in [6.45, 7) is 0. The summed E-state index contributed by atoms with van der Waals surface area (Å²) in [5.74, 6) is -1.28. The lowest BCUT2D eigenvalue weighted by molar-refractivity contribution is -0.117. The lowest BCUT2D eigenvalue weighted by Crippen LogP contribution is -2.32. The maximum absolute atomic E-state index is 13.0. The number of nitrogens with zero attached hydrogens (tertiary/aromatic N) is 2. The lowest BCUT2D eigenvalue weighted by Gasteiger charge is -2.12. The number of hydrogen-bond acceptors (Lipinski definition) is 6. The first-order chi connectivity index (χ1) is 19.8. The predicted octanol–water partition coefficient (Wildman–Crippen LogP) is 5.55. The van der Waals surface area contributed by atoms with Crippen LogP contribution in [0.4, 0.5) is 5.69 Å². The minimum atomic E-state index is -0.604. The normalized spacial score (nSPS) is 11.1. The van der Waals surface area contributed by atoms with Gasteiger partial charge in [0.2, 0.25) is 0 Å². The minimum absolute atomic E-state index is 0.0236. The van der Waals surface area contributed by atoms with Crippen LogP contribution in [0.15, 0.2) is 114 Å². The van der Waals surface area contributed by atoms with E-state index in [1.807, 2.05) is 43.3 Å². The first-order valence-corrected chi connectivity index (χ1v) is 12.9. The van der Waals surface area contributed by atoms with Gasteiger partial charge in [-0.25, -0.2) is 10.2 Å². The number of carbonyl (C=O) groups is 3. The number of amides is 2. The van der Waals surface area contributed by atoms with Crippen LogP contribution in [0.25, 0.3) is 6.08 Å². The molecule has 0 aliphatic heterocycles. The summed E-state index contributed by atoms with van der Waals surface area (Å²) in [4.78, 5) is 40.1. The lowest BCUT2D eigenvalue weighted by atomic mass is 10.1. The molecule has 4 aromatic carbocycles. The molecule has 0 fully saturated rings. The Hall–Kier alpha value is -5.21. The van der Waals surface area contributed by atoms with E-state index in [-0.39, 0.29) is 11.3 Å². The maximum Gasteiger partial charge on any atom is 0.345 e. The van der Waals surface area contributed by atoms with Gasteiger partial charge in [0.1, 0.15) is 11.4 Å². The van der Waals surface area contributed by atoms with E-state index in [2.05, 4.69) is 15.8 Å². The van der Waals surface area contributed by atoms with Crippen LogP contribution in [0.5, 0.6) is 5.75 Å². The van der Waals surface area contributed by atoms with Crippen molar-refractivity contribution in [1.29, 1.82) is 0 Å². The standard InChI is InChI=1S/C32H27ClN4O4/c1-37(2)25-16-12-22(13-17-25)20-29(35-30(38)24-8-4-3-5-9-24)31(39)36-34-21-23-14-18-26(19-15-23)41-32(40)27-10-6-7-11-28(27)33/h3-21H,1-2H3,(H,35,38)(H,36,39)/b29-20-,34-21-. The van der Waals surface area contributed by atoms with Gasteiger partial charge >= 0.3 is 5.97 Å². The van der Waals surface area contributed by atoms with Gasteiger partial charge in [0.05, 0.1) is 16.8 Å². The first-order valence-electron chi connectivity index (χ1n) is 12.6. The fourth-order valence-corrected chi connectivity index (χ4v) is 3.83. The number of anilines is 1. The zero-order valence-corrected chi connectivity index (χ0v) is 23.1. The molecule has 0 aliphatic carbocycles. The topological polar surface area (TPSA) is 100 Å². The number of esters is 1. The summed E-state index contributed by atoms with van der Waals surface area (Å²) in [5.41, 5.74) is 5.51. The molecule has 0 bridgehead atoms. The van der Waals surface area contributed by atoms with Crippen LogP contribution in [-0.2, 0) is 4.79 Å². The van der Waals surface area contributed by atoms with Crippen molar-refractivity contribution in [1.82, 2.24) is 10.7 Å². The molecule has 0 atom stereocenters. The Morgan fingerprint density at radius 2 is 1.44 bits per heavy atom. The number of halogens is 1. The van der Waals surface area contributed by atoms with Crippen LogP contribution in [0.2, 0.25) is 5.02 Å². The van der Waals surface area contributed by atoms with E-state index < -0.39 is 17.8 Å². The monoisotopic (exact) mass is 566 g/mol. The SMILES string of the molecule is CN(C)c1ccc(/C=C(\NC(=O)c2ccccc2)C(=O)N/N=C\c2ccc(OC(=O)c3ccccc3Cl)cc2)cc1. The molecule has 4 rings (SSSR count). The molecule has 0 aliphatic rings. The third-order valence-electron chi connectivity index (χ3n) is 5.81. The van der Waals surface area contributed by atoms with Crippen LogP contribution in [0, 0.1) is 0 Å². The van der Waals surface area contributed by atoms with E-state index >= 15 is 0 Å². The van der Waals surface area contributed by atoms with Crippen molar-refractivity contribution in [3.05, 3.63) is 136 Å². The van der Waals surface area contributed by atoms with Gasteiger partial charge in [-0.3, -0.25) is 9.59 Å². The van der Waals surface area contributed by atoms with Crippen molar-refractivity contribution in [3.63, 3.8) is 0 Å². The Labute approximate surface area is 242 Å². The number of nitrogens with one attached hydrogen (secondary N) is 2. The second-order valence-corrected chi connectivity index (χ2v) is 9.41. The summed E-state index contributed by atoms with van der Waals surface area (Å²) in [5, 5.41) is 7.00. The molecule has 0 unspecified atom stereocenters. The predicted molar refractivity (Wildman–Crippen MR) is 161 cm³/mol. The molecule has 0 aromatic heterocycles. The number of ether oxygens (including phenoxy) is 1. The van der Waals surface area contributed by atoms with Gasteiger partial charge in [0.15, 0.2) is 0 Å². The Balaban J connectivity index is 1.44. The van der Waals surface area contributed by atoms with Crippen LogP contribution >= 0.6 is 11.6 Å². The summed E-state index contributed by atoms with van der Waals surface area (Å²) in [6, 6.07) is 29.3. The average Bonchev–Trinajstić information content (AvgIpc) is 2.98. The van der Waals surface area contributed by atoms with Crippen LogP contribution in [-0.4, -0.2) is 38.1 Å². The molecule has 206 valence electrons. The summed E-state index contributed by atoms with van der Waals surface area (Å²) in [6.07, 6.45) is 3.01. The van der Waals surface area contributed by atoms with E-state index in [0.717, 1.165) is 11.3 Å². The molecule has 0 saturated carbocycles. The van der Waals surface area contributed by atoms with Gasteiger partial charge in [-0.15, -0.1) is 0 Å². The molecular weight excluding hydrogens is 540 g/mol. The summed E-state index contributed by atoms with van der Waals surface area (Å²) < 4.78 is 5.37. The van der Waals surface area contributed by atoms with Gasteiger partial charge in [-0.05, 0) is 77.9 Å². The minimum Gasteiger partial charge on any atom is -0.423 e. The number of hydrogen-bond donors (Lipinski definition) is 2. The molecule has 8 nitrogen and oxygen atoms in total. The Bertz CT molecular complexity index is 1580. The second kappa shape index (κ2) is 13.7. The molecule has 2 N–H and O–H groups in total. The van der Waals surface area contributed by atoms with Gasteiger partial charge in [0.25, 0.3) is 11.8 Å². The molecular formula is C32H27ClN4O4. The van der Waals surface area contributed by atoms with E-state index in [1.54, 1.807) is 84.9 Å². The maximum atomic E-state index is 13.0. The van der Waals surface area contributed by atoms with Gasteiger partial charge < -0.3 is 15.0 Å². The van der Waals surface area contributed by atoms with Gasteiger partial charge in [0, 0.05) is 25.3 Å². The van der Waals surface area contributed by atoms with E-state index in [4.69, 9.17) is 16.3 Å². The molecule has 2 amide bonds. The Morgan fingerprint density at radius 1 is 0.805 bits per heavy atom. The summed E-state index contributed by atoms with van der Waals surface area (Å²) in [7, 11) is 3.87. The quantitative estimate of drug-likeness (QED) is 0.0910. The highest BCUT2D eigenvalue weighted by molar-refractivity contribution is 6.33. The molecule has 41 heavy (non-hydrogen) atoms. The number of rotatable bonds is 9. The fourth-order valence-electron chi connectivity index (χ4n) is 3.61. The Kier molecular flexibility index (Phi) is 9.64. The van der Waals surface area contributed by atoms with Crippen molar-refractivity contribution in [3.8, 4) is 5.75 Å². The molecule has 0 heterocycles. The molecule has 4 aromatic rings. The van der Waals surface area contributed by atoms with E-state index in [1.165, 1.54) is 6.21 Å². The van der Waals surface area contributed by atoms with Crippen LogP contribution in [0.3, 0.4) is 0 Å². The van der Waals surface area contributed by atoms with Crippen molar-refractivity contribution in [2.75, 3.05) is 19.0 Å². The number of benzene rings is 4. The van der Waals surface area contributed by atoms with Gasteiger partial charge in [-0.1, -0.05) is 54.1 Å². The van der Waals surface area contributed by atoms with Crippen LogP contribution in [0.1, 0.15) is 31.8 Å². The van der Waals surface area contributed by atoms with Crippen LogP contribution < -0.4 is 20.4 Å². The highest BCUT2D eigenvalue weighted by Gasteiger charge is 2.15. The second-order valence-electron chi connectivity index (χ2n) is 9.00. The van der Waals surface area contributed by atoms with E-state index in [0.29, 0.717) is 21.9 Å².